The monoisotopic (exact) mass is 244 g/mol. The summed E-state index contributed by atoms with van der Waals surface area (Å²) >= 11 is 0. The molecular formula is C12H24N2O3. The van der Waals surface area contributed by atoms with Gasteiger partial charge in [0.1, 0.15) is 6.54 Å². The van der Waals surface area contributed by atoms with Crippen molar-refractivity contribution >= 4 is 11.9 Å². The lowest BCUT2D eigenvalue weighted by Crippen LogP contribution is -2.33. The summed E-state index contributed by atoms with van der Waals surface area (Å²) in [6.45, 7) is 6.68. The summed E-state index contributed by atoms with van der Waals surface area (Å²) in [6, 6.07) is 0. The summed E-state index contributed by atoms with van der Waals surface area (Å²) in [4.78, 5) is 22.5. The van der Waals surface area contributed by atoms with Crippen molar-refractivity contribution in [2.24, 2.45) is 17.6 Å². The molecule has 100 valence electrons. The summed E-state index contributed by atoms with van der Waals surface area (Å²) in [5, 5.41) is 2.54. The van der Waals surface area contributed by atoms with E-state index >= 15 is 0 Å². The van der Waals surface area contributed by atoms with Crippen LogP contribution in [0.4, 0.5) is 0 Å². The Bertz CT molecular complexity index is 242. The molecule has 0 heterocycles. The van der Waals surface area contributed by atoms with Crippen LogP contribution >= 0.6 is 0 Å². The number of esters is 1. The zero-order valence-corrected chi connectivity index (χ0v) is 11.0. The van der Waals surface area contributed by atoms with Crippen LogP contribution in [0.2, 0.25) is 0 Å². The van der Waals surface area contributed by atoms with Crippen molar-refractivity contribution in [1.29, 1.82) is 0 Å². The predicted octanol–water partition coefficient (Wildman–Crippen LogP) is 0.677. The van der Waals surface area contributed by atoms with Gasteiger partial charge >= 0.3 is 5.97 Å². The Balaban J connectivity index is 3.86. The Morgan fingerprint density at radius 3 is 2.47 bits per heavy atom. The van der Waals surface area contributed by atoms with Gasteiger partial charge in [-0.3, -0.25) is 9.59 Å². The van der Waals surface area contributed by atoms with Crippen LogP contribution in [0.25, 0.3) is 0 Å². The highest BCUT2D eigenvalue weighted by Gasteiger charge is 2.14. The average molecular weight is 244 g/mol. The molecule has 0 aliphatic rings. The van der Waals surface area contributed by atoms with E-state index in [9.17, 15) is 9.59 Å². The van der Waals surface area contributed by atoms with Crippen molar-refractivity contribution in [2.75, 3.05) is 19.7 Å². The number of nitrogens with two attached hydrogens (primary N) is 1. The molecule has 5 heteroatoms. The first-order valence-corrected chi connectivity index (χ1v) is 6.11. The van der Waals surface area contributed by atoms with E-state index in [-0.39, 0.29) is 18.4 Å². The third-order valence-electron chi connectivity index (χ3n) is 2.35. The fourth-order valence-corrected chi connectivity index (χ4v) is 1.65. The molecule has 0 saturated heterocycles. The van der Waals surface area contributed by atoms with Crippen LogP contribution in [0.1, 0.15) is 33.6 Å². The zero-order valence-electron chi connectivity index (χ0n) is 11.0. The van der Waals surface area contributed by atoms with Gasteiger partial charge in [0.15, 0.2) is 0 Å². The Morgan fingerprint density at radius 1 is 1.35 bits per heavy atom. The molecule has 1 atom stereocenters. The van der Waals surface area contributed by atoms with Crippen molar-refractivity contribution in [2.45, 2.75) is 33.6 Å². The minimum Gasteiger partial charge on any atom is -0.465 e. The van der Waals surface area contributed by atoms with Gasteiger partial charge in [0.25, 0.3) is 0 Å². The molecule has 0 aliphatic carbocycles. The standard InChI is InChI=1S/C12H24N2O3/c1-4-17-12(16)8-14-11(15)6-10(7-13)5-9(2)3/h9-10H,4-8,13H2,1-3H3,(H,14,15)/t10-/m0/s1. The van der Waals surface area contributed by atoms with Crippen LogP contribution in [-0.4, -0.2) is 31.6 Å². The Morgan fingerprint density at radius 2 is 2.00 bits per heavy atom. The molecular weight excluding hydrogens is 220 g/mol. The van der Waals surface area contributed by atoms with Crippen LogP contribution in [0.5, 0.6) is 0 Å². The molecule has 0 bridgehead atoms. The Hall–Kier alpha value is -1.10. The highest BCUT2D eigenvalue weighted by atomic mass is 16.5. The molecule has 1 amide bonds. The van der Waals surface area contributed by atoms with Crippen molar-refractivity contribution in [1.82, 2.24) is 5.32 Å². The minimum absolute atomic E-state index is 0.0638. The molecule has 0 aromatic rings. The lowest BCUT2D eigenvalue weighted by Gasteiger charge is -2.16. The van der Waals surface area contributed by atoms with Crippen LogP contribution in [0.15, 0.2) is 0 Å². The maximum atomic E-state index is 11.5. The molecule has 0 radical (unpaired) electrons. The van der Waals surface area contributed by atoms with Crippen molar-refractivity contribution in [3.05, 3.63) is 0 Å². The maximum Gasteiger partial charge on any atom is 0.325 e. The maximum absolute atomic E-state index is 11.5. The van der Waals surface area contributed by atoms with E-state index in [2.05, 4.69) is 19.2 Å². The van der Waals surface area contributed by atoms with Gasteiger partial charge in [0.05, 0.1) is 6.61 Å². The van der Waals surface area contributed by atoms with Crippen molar-refractivity contribution in [3.63, 3.8) is 0 Å². The SMILES string of the molecule is CCOC(=O)CNC(=O)C[C@@H](CN)CC(C)C. The Kier molecular flexibility index (Phi) is 8.40. The van der Waals surface area contributed by atoms with Crippen molar-refractivity contribution < 1.29 is 14.3 Å². The van der Waals surface area contributed by atoms with Gasteiger partial charge in [-0.1, -0.05) is 13.8 Å². The number of hydrogen-bond donors (Lipinski definition) is 2. The molecule has 5 nitrogen and oxygen atoms in total. The smallest absolute Gasteiger partial charge is 0.325 e. The van der Waals surface area contributed by atoms with Gasteiger partial charge in [-0.25, -0.2) is 0 Å². The fraction of sp³-hybridized carbons (Fsp3) is 0.833. The molecule has 0 saturated carbocycles. The molecule has 0 aliphatic heterocycles. The van der Waals surface area contributed by atoms with E-state index in [0.717, 1.165) is 6.42 Å². The zero-order chi connectivity index (χ0) is 13.3. The molecule has 17 heavy (non-hydrogen) atoms. The second kappa shape index (κ2) is 8.98. The molecule has 0 aromatic heterocycles. The van der Waals surface area contributed by atoms with E-state index in [4.69, 9.17) is 10.5 Å². The molecule has 0 spiro atoms. The quantitative estimate of drug-likeness (QED) is 0.615. The van der Waals surface area contributed by atoms with Crippen LogP contribution in [0, 0.1) is 11.8 Å². The number of nitrogens with one attached hydrogen (secondary N) is 1. The lowest BCUT2D eigenvalue weighted by atomic mass is 9.94. The normalized spacial score (nSPS) is 12.3. The van der Waals surface area contributed by atoms with E-state index < -0.39 is 5.97 Å². The number of amides is 1. The van der Waals surface area contributed by atoms with Crippen LogP contribution in [-0.2, 0) is 14.3 Å². The second-order valence-electron chi connectivity index (χ2n) is 4.52. The highest BCUT2D eigenvalue weighted by molar-refractivity contribution is 5.81. The molecule has 3 N–H and O–H groups in total. The average Bonchev–Trinajstić information content (AvgIpc) is 2.25. The number of ether oxygens (including phenoxy) is 1. The van der Waals surface area contributed by atoms with Gasteiger partial charge in [-0.2, -0.15) is 0 Å². The van der Waals surface area contributed by atoms with Gasteiger partial charge < -0.3 is 15.8 Å². The third-order valence-corrected chi connectivity index (χ3v) is 2.35. The largest absolute Gasteiger partial charge is 0.465 e. The van der Waals surface area contributed by atoms with Gasteiger partial charge in [-0.05, 0) is 31.7 Å². The highest BCUT2D eigenvalue weighted by Crippen LogP contribution is 2.13. The minimum atomic E-state index is -0.408. The molecule has 0 unspecified atom stereocenters. The summed E-state index contributed by atoms with van der Waals surface area (Å²) in [5.41, 5.74) is 5.60. The van der Waals surface area contributed by atoms with E-state index in [1.807, 2.05) is 0 Å². The number of carbonyl (C=O) groups excluding carboxylic acids is 2. The molecule has 0 rings (SSSR count). The topological polar surface area (TPSA) is 81.4 Å². The third kappa shape index (κ3) is 8.68. The van der Waals surface area contributed by atoms with Crippen LogP contribution < -0.4 is 11.1 Å². The Labute approximate surface area is 103 Å². The predicted molar refractivity (Wildman–Crippen MR) is 66.3 cm³/mol. The van der Waals surface area contributed by atoms with Crippen molar-refractivity contribution in [3.8, 4) is 0 Å². The second-order valence-corrected chi connectivity index (χ2v) is 4.52. The summed E-state index contributed by atoms with van der Waals surface area (Å²) < 4.78 is 4.71. The summed E-state index contributed by atoms with van der Waals surface area (Å²) in [5.74, 6) is 0.141. The van der Waals surface area contributed by atoms with Gasteiger partial charge in [0, 0.05) is 6.42 Å². The number of rotatable bonds is 8. The van der Waals surface area contributed by atoms with E-state index in [1.165, 1.54) is 0 Å². The number of hydrogen-bond acceptors (Lipinski definition) is 4. The van der Waals surface area contributed by atoms with E-state index in [1.54, 1.807) is 6.92 Å². The molecule has 0 aromatic carbocycles. The van der Waals surface area contributed by atoms with E-state index in [0.29, 0.717) is 25.5 Å². The molecule has 0 fully saturated rings. The summed E-state index contributed by atoms with van der Waals surface area (Å²) in [7, 11) is 0. The first-order chi connectivity index (χ1) is 7.99. The van der Waals surface area contributed by atoms with Gasteiger partial charge in [-0.15, -0.1) is 0 Å². The first-order valence-electron chi connectivity index (χ1n) is 6.11. The number of carbonyl (C=O) groups is 2. The van der Waals surface area contributed by atoms with Gasteiger partial charge in [0.2, 0.25) is 5.91 Å². The summed E-state index contributed by atoms with van der Waals surface area (Å²) in [6.07, 6.45) is 1.29. The van der Waals surface area contributed by atoms with Crippen LogP contribution in [0.3, 0.4) is 0 Å². The fourth-order valence-electron chi connectivity index (χ4n) is 1.65. The first kappa shape index (κ1) is 15.9. The lowest BCUT2D eigenvalue weighted by molar-refractivity contribution is -0.143.